The zero-order valence-electron chi connectivity index (χ0n) is 9.48. The summed E-state index contributed by atoms with van der Waals surface area (Å²) < 4.78 is 0. The fourth-order valence-corrected chi connectivity index (χ4v) is 2.33. The Bertz CT molecular complexity index is 299. The summed E-state index contributed by atoms with van der Waals surface area (Å²) in [5.41, 5.74) is 0. The largest absolute Gasteiger partial charge is 0.351 e. The molecule has 1 N–H and O–H groups in total. The Kier molecular flexibility index (Phi) is 3.19. The van der Waals surface area contributed by atoms with Crippen LogP contribution in [-0.2, 0) is 0 Å². The van der Waals surface area contributed by atoms with Crippen LogP contribution in [0.2, 0.25) is 0 Å². The van der Waals surface area contributed by atoms with Gasteiger partial charge in [0, 0.05) is 18.4 Å². The number of hydrogen-bond donors (Lipinski definition) is 1. The van der Waals surface area contributed by atoms with Crippen LogP contribution < -0.4 is 5.32 Å². The van der Waals surface area contributed by atoms with Crippen LogP contribution in [0.15, 0.2) is 18.5 Å². The molecule has 2 rings (SSSR count). The van der Waals surface area contributed by atoms with Gasteiger partial charge >= 0.3 is 0 Å². The van der Waals surface area contributed by atoms with Crippen molar-refractivity contribution in [3.05, 3.63) is 18.5 Å². The van der Waals surface area contributed by atoms with E-state index in [0.29, 0.717) is 12.0 Å². The third-order valence-electron chi connectivity index (χ3n) is 3.59. The highest BCUT2D eigenvalue weighted by Gasteiger charge is 2.27. The minimum Gasteiger partial charge on any atom is -0.351 e. The number of aromatic nitrogens is 2. The second-order valence-electron chi connectivity index (χ2n) is 4.59. The number of anilines is 1. The Labute approximate surface area is 91.3 Å². The molecule has 0 radical (unpaired) electrons. The molecule has 3 unspecified atom stereocenters. The molecule has 1 fully saturated rings. The highest BCUT2D eigenvalue weighted by Crippen LogP contribution is 2.30. The molecule has 0 aromatic carbocycles. The lowest BCUT2D eigenvalue weighted by molar-refractivity contribution is 0.252. The molecule has 0 saturated heterocycles. The van der Waals surface area contributed by atoms with E-state index in [4.69, 9.17) is 0 Å². The molecule has 1 heterocycles. The first-order chi connectivity index (χ1) is 7.27. The maximum Gasteiger partial charge on any atom is 0.222 e. The van der Waals surface area contributed by atoms with Gasteiger partial charge < -0.3 is 5.32 Å². The molecule has 82 valence electrons. The first-order valence-electron chi connectivity index (χ1n) is 5.81. The SMILES string of the molecule is CC1CCCC(Nc2ncccn2)C1C. The van der Waals surface area contributed by atoms with Gasteiger partial charge in [0.1, 0.15) is 0 Å². The molecule has 1 aliphatic rings. The van der Waals surface area contributed by atoms with Crippen molar-refractivity contribution in [1.82, 2.24) is 9.97 Å². The molecule has 1 aromatic rings. The lowest BCUT2D eigenvalue weighted by Crippen LogP contribution is -2.35. The average Bonchev–Trinajstić information content (AvgIpc) is 2.26. The van der Waals surface area contributed by atoms with Gasteiger partial charge in [0.15, 0.2) is 0 Å². The Hall–Kier alpha value is -1.12. The minimum absolute atomic E-state index is 0.538. The standard InChI is InChI=1S/C12H19N3/c1-9-5-3-6-11(10(9)2)15-12-13-7-4-8-14-12/h4,7-11H,3,5-6H2,1-2H3,(H,13,14,15). The van der Waals surface area contributed by atoms with Gasteiger partial charge in [-0.15, -0.1) is 0 Å². The lowest BCUT2D eigenvalue weighted by Gasteiger charge is -2.34. The molecule has 3 nitrogen and oxygen atoms in total. The van der Waals surface area contributed by atoms with Crippen molar-refractivity contribution in [3.63, 3.8) is 0 Å². The van der Waals surface area contributed by atoms with E-state index in [1.54, 1.807) is 12.4 Å². The Morgan fingerprint density at radius 2 is 1.93 bits per heavy atom. The molecule has 0 spiro atoms. The first-order valence-corrected chi connectivity index (χ1v) is 5.81. The smallest absolute Gasteiger partial charge is 0.222 e. The van der Waals surface area contributed by atoms with Crippen LogP contribution in [0.5, 0.6) is 0 Å². The Morgan fingerprint density at radius 3 is 2.67 bits per heavy atom. The van der Waals surface area contributed by atoms with Gasteiger partial charge in [-0.05, 0) is 24.3 Å². The van der Waals surface area contributed by atoms with Gasteiger partial charge in [0.2, 0.25) is 5.95 Å². The van der Waals surface area contributed by atoms with Crippen LogP contribution >= 0.6 is 0 Å². The van der Waals surface area contributed by atoms with E-state index >= 15 is 0 Å². The molecule has 0 bridgehead atoms. The summed E-state index contributed by atoms with van der Waals surface area (Å²) in [6.45, 7) is 4.66. The molecule has 1 saturated carbocycles. The lowest BCUT2D eigenvalue weighted by atomic mass is 9.78. The fourth-order valence-electron chi connectivity index (χ4n) is 2.33. The molecular weight excluding hydrogens is 186 g/mol. The van der Waals surface area contributed by atoms with E-state index in [2.05, 4.69) is 29.1 Å². The van der Waals surface area contributed by atoms with E-state index in [-0.39, 0.29) is 0 Å². The van der Waals surface area contributed by atoms with Gasteiger partial charge in [-0.2, -0.15) is 0 Å². The maximum absolute atomic E-state index is 4.21. The van der Waals surface area contributed by atoms with Gasteiger partial charge in [0.25, 0.3) is 0 Å². The molecule has 1 aromatic heterocycles. The summed E-state index contributed by atoms with van der Waals surface area (Å²) in [4.78, 5) is 8.42. The third kappa shape index (κ3) is 2.46. The zero-order valence-corrected chi connectivity index (χ0v) is 9.48. The highest BCUT2D eigenvalue weighted by molar-refractivity contribution is 5.24. The van der Waals surface area contributed by atoms with E-state index in [9.17, 15) is 0 Å². The van der Waals surface area contributed by atoms with Crippen LogP contribution in [0.1, 0.15) is 33.1 Å². The van der Waals surface area contributed by atoms with E-state index < -0.39 is 0 Å². The van der Waals surface area contributed by atoms with Crippen LogP contribution in [-0.4, -0.2) is 16.0 Å². The second kappa shape index (κ2) is 4.60. The third-order valence-corrected chi connectivity index (χ3v) is 3.59. The fraction of sp³-hybridized carbons (Fsp3) is 0.667. The average molecular weight is 205 g/mol. The Balaban J connectivity index is 1.99. The normalized spacial score (nSPS) is 31.2. The predicted molar refractivity (Wildman–Crippen MR) is 61.6 cm³/mol. The van der Waals surface area contributed by atoms with Gasteiger partial charge in [0.05, 0.1) is 0 Å². The van der Waals surface area contributed by atoms with Crippen molar-refractivity contribution in [3.8, 4) is 0 Å². The molecule has 3 atom stereocenters. The number of nitrogens with zero attached hydrogens (tertiary/aromatic N) is 2. The van der Waals surface area contributed by atoms with Crippen LogP contribution in [0.25, 0.3) is 0 Å². The highest BCUT2D eigenvalue weighted by atomic mass is 15.1. The number of hydrogen-bond acceptors (Lipinski definition) is 3. The summed E-state index contributed by atoms with van der Waals surface area (Å²) in [6.07, 6.45) is 7.48. The molecule has 15 heavy (non-hydrogen) atoms. The maximum atomic E-state index is 4.21. The van der Waals surface area contributed by atoms with Gasteiger partial charge in [-0.3, -0.25) is 0 Å². The van der Waals surface area contributed by atoms with E-state index in [1.165, 1.54) is 19.3 Å². The molecule has 3 heteroatoms. The summed E-state index contributed by atoms with van der Waals surface area (Å²) in [5, 5.41) is 3.44. The van der Waals surface area contributed by atoms with Crippen molar-refractivity contribution < 1.29 is 0 Å². The van der Waals surface area contributed by atoms with Crippen molar-refractivity contribution in [1.29, 1.82) is 0 Å². The van der Waals surface area contributed by atoms with E-state index in [1.807, 2.05) is 6.07 Å². The zero-order chi connectivity index (χ0) is 10.7. The predicted octanol–water partition coefficient (Wildman–Crippen LogP) is 2.71. The summed E-state index contributed by atoms with van der Waals surface area (Å²) in [7, 11) is 0. The van der Waals surface area contributed by atoms with Crippen LogP contribution in [0.3, 0.4) is 0 Å². The molecule has 1 aliphatic carbocycles. The monoisotopic (exact) mass is 205 g/mol. The number of nitrogens with one attached hydrogen (secondary N) is 1. The second-order valence-corrected chi connectivity index (χ2v) is 4.59. The quantitative estimate of drug-likeness (QED) is 0.806. The van der Waals surface area contributed by atoms with Crippen molar-refractivity contribution in [2.75, 3.05) is 5.32 Å². The van der Waals surface area contributed by atoms with Crippen LogP contribution in [0, 0.1) is 11.8 Å². The van der Waals surface area contributed by atoms with Crippen molar-refractivity contribution in [2.24, 2.45) is 11.8 Å². The Morgan fingerprint density at radius 1 is 1.20 bits per heavy atom. The topological polar surface area (TPSA) is 37.8 Å². The molecular formula is C12H19N3. The van der Waals surface area contributed by atoms with Crippen molar-refractivity contribution in [2.45, 2.75) is 39.2 Å². The summed E-state index contributed by atoms with van der Waals surface area (Å²) in [6, 6.07) is 2.38. The molecule has 0 aliphatic heterocycles. The summed E-state index contributed by atoms with van der Waals surface area (Å²) in [5.74, 6) is 2.28. The first kappa shape index (κ1) is 10.4. The summed E-state index contributed by atoms with van der Waals surface area (Å²) >= 11 is 0. The van der Waals surface area contributed by atoms with Crippen LogP contribution in [0.4, 0.5) is 5.95 Å². The van der Waals surface area contributed by atoms with E-state index in [0.717, 1.165) is 11.9 Å². The van der Waals surface area contributed by atoms with Crippen molar-refractivity contribution >= 4 is 5.95 Å². The number of rotatable bonds is 2. The molecule has 0 amide bonds. The minimum atomic E-state index is 0.538. The van der Waals surface area contributed by atoms with Gasteiger partial charge in [-0.25, -0.2) is 9.97 Å². The van der Waals surface area contributed by atoms with Gasteiger partial charge in [-0.1, -0.05) is 26.7 Å².